The second-order valence-corrected chi connectivity index (χ2v) is 6.03. The molecule has 0 bridgehead atoms. The Hall–Kier alpha value is -1.79. The molecule has 0 spiro atoms. The van der Waals surface area contributed by atoms with E-state index in [1.165, 1.54) is 4.31 Å². The first-order valence-electron chi connectivity index (χ1n) is 5.82. The Labute approximate surface area is 115 Å². The summed E-state index contributed by atoms with van der Waals surface area (Å²) in [6.45, 7) is 7.16. The molecule has 0 amide bonds. The zero-order chi connectivity index (χ0) is 14.5. The van der Waals surface area contributed by atoms with Crippen molar-refractivity contribution in [3.63, 3.8) is 0 Å². The van der Waals surface area contributed by atoms with Crippen LogP contribution in [0.4, 0.5) is 0 Å². The molecule has 0 saturated carbocycles. The van der Waals surface area contributed by atoms with E-state index in [1.54, 1.807) is 37.3 Å². The van der Waals surface area contributed by atoms with E-state index in [-0.39, 0.29) is 11.4 Å². The largest absolute Gasteiger partial charge is 0.244 e. The van der Waals surface area contributed by atoms with Crippen molar-refractivity contribution >= 4 is 10.0 Å². The van der Waals surface area contributed by atoms with Gasteiger partial charge in [-0.2, -0.15) is 4.31 Å². The third kappa shape index (κ3) is 3.59. The van der Waals surface area contributed by atoms with Crippen LogP contribution in [-0.2, 0) is 10.0 Å². The molecule has 1 aromatic rings. The highest BCUT2D eigenvalue weighted by molar-refractivity contribution is 7.89. The number of terminal acetylenes is 1. The first-order valence-corrected chi connectivity index (χ1v) is 7.26. The van der Waals surface area contributed by atoms with Crippen LogP contribution in [0.15, 0.2) is 47.5 Å². The summed E-state index contributed by atoms with van der Waals surface area (Å²) < 4.78 is 26.3. The maximum absolute atomic E-state index is 12.5. The summed E-state index contributed by atoms with van der Waals surface area (Å²) in [5.41, 5.74) is 3.56. The van der Waals surface area contributed by atoms with Gasteiger partial charge in [-0.25, -0.2) is 8.42 Å². The molecule has 1 unspecified atom stereocenters. The minimum absolute atomic E-state index is 0.158. The van der Waals surface area contributed by atoms with Gasteiger partial charge in [-0.3, -0.25) is 0 Å². The highest BCUT2D eigenvalue weighted by atomic mass is 32.2. The zero-order valence-electron chi connectivity index (χ0n) is 11.1. The molecule has 0 N–H and O–H groups in total. The van der Waals surface area contributed by atoms with Crippen LogP contribution in [0, 0.1) is 19.3 Å². The van der Waals surface area contributed by atoms with Crippen molar-refractivity contribution in [2.24, 2.45) is 0 Å². The molecule has 4 heteroatoms. The summed E-state index contributed by atoms with van der Waals surface area (Å²) in [6.07, 6.45) is 6.88. The van der Waals surface area contributed by atoms with E-state index in [0.29, 0.717) is 0 Å². The number of hydrogen-bond acceptors (Lipinski definition) is 2. The van der Waals surface area contributed by atoms with E-state index >= 15 is 0 Å². The smallest absolute Gasteiger partial charge is 0.207 e. The number of hydrogen-bond donors (Lipinski definition) is 0. The van der Waals surface area contributed by atoms with Gasteiger partial charge in [0.25, 0.3) is 0 Å². The molecule has 0 aromatic heterocycles. The van der Waals surface area contributed by atoms with Gasteiger partial charge in [0.1, 0.15) is 0 Å². The lowest BCUT2D eigenvalue weighted by Crippen LogP contribution is -2.37. The fourth-order valence-electron chi connectivity index (χ4n) is 1.55. The molecule has 1 atom stereocenters. The van der Waals surface area contributed by atoms with Gasteiger partial charge in [-0.15, -0.1) is 12.2 Å². The summed E-state index contributed by atoms with van der Waals surface area (Å²) in [6, 6.07) is 6.15. The fraction of sp³-hybridized carbons (Fsp3) is 0.267. The van der Waals surface area contributed by atoms with Crippen LogP contribution in [0.2, 0.25) is 0 Å². The second kappa shape index (κ2) is 6.40. The summed E-state index contributed by atoms with van der Waals surface area (Å²) in [5.74, 6) is 2.44. The minimum Gasteiger partial charge on any atom is -0.207 e. The van der Waals surface area contributed by atoms with Crippen molar-refractivity contribution in [1.29, 1.82) is 0 Å². The number of aryl methyl sites for hydroxylation is 1. The van der Waals surface area contributed by atoms with Gasteiger partial charge in [-0.05, 0) is 32.1 Å². The van der Waals surface area contributed by atoms with Crippen LogP contribution in [-0.4, -0.2) is 25.3 Å². The van der Waals surface area contributed by atoms with Gasteiger partial charge in [0.15, 0.2) is 0 Å². The van der Waals surface area contributed by atoms with Gasteiger partial charge in [0.05, 0.1) is 10.9 Å². The van der Waals surface area contributed by atoms with E-state index in [1.807, 2.05) is 6.92 Å². The molecule has 0 saturated heterocycles. The Kier molecular flexibility index (Phi) is 5.14. The molecule has 0 heterocycles. The maximum atomic E-state index is 12.5. The first kappa shape index (κ1) is 15.3. The van der Waals surface area contributed by atoms with Crippen molar-refractivity contribution in [1.82, 2.24) is 4.31 Å². The predicted molar refractivity (Wildman–Crippen MR) is 77.1 cm³/mol. The number of rotatable bonds is 5. The Morgan fingerprint density at radius 2 is 2.00 bits per heavy atom. The van der Waals surface area contributed by atoms with Gasteiger partial charge in [0, 0.05) is 6.54 Å². The van der Waals surface area contributed by atoms with Gasteiger partial charge in [0.2, 0.25) is 10.0 Å². The molecule has 0 radical (unpaired) electrons. The third-order valence-electron chi connectivity index (χ3n) is 2.72. The minimum atomic E-state index is -3.61. The first-order chi connectivity index (χ1) is 8.93. The van der Waals surface area contributed by atoms with E-state index in [2.05, 4.69) is 18.2 Å². The molecule has 0 fully saturated rings. The molecule has 3 nitrogen and oxygen atoms in total. The van der Waals surface area contributed by atoms with Crippen LogP contribution in [0.5, 0.6) is 0 Å². The Bertz CT molecular complexity index is 617. The maximum Gasteiger partial charge on any atom is 0.244 e. The molecule has 0 aliphatic rings. The molecular weight excluding hydrogens is 258 g/mol. The topological polar surface area (TPSA) is 37.4 Å². The molecule has 0 aliphatic carbocycles. The molecule has 1 rings (SSSR count). The Balaban J connectivity index is 3.23. The van der Waals surface area contributed by atoms with Crippen molar-refractivity contribution < 1.29 is 8.42 Å². The molecule has 19 heavy (non-hydrogen) atoms. The van der Waals surface area contributed by atoms with E-state index < -0.39 is 16.1 Å². The van der Waals surface area contributed by atoms with Crippen molar-refractivity contribution in [2.45, 2.75) is 24.8 Å². The zero-order valence-corrected chi connectivity index (χ0v) is 11.9. The lowest BCUT2D eigenvalue weighted by molar-refractivity contribution is 0.416. The summed E-state index contributed by atoms with van der Waals surface area (Å²) in [4.78, 5) is 0.234. The number of nitrogens with zero attached hydrogens (tertiary/aromatic N) is 1. The quantitative estimate of drug-likeness (QED) is 0.611. The van der Waals surface area contributed by atoms with Crippen LogP contribution >= 0.6 is 0 Å². The lowest BCUT2D eigenvalue weighted by atomic mass is 10.2. The summed E-state index contributed by atoms with van der Waals surface area (Å²) in [7, 11) is -3.61. The van der Waals surface area contributed by atoms with Gasteiger partial charge in [-0.1, -0.05) is 30.2 Å². The highest BCUT2D eigenvalue weighted by Crippen LogP contribution is 2.18. The van der Waals surface area contributed by atoms with Crippen molar-refractivity contribution in [3.8, 4) is 12.3 Å². The second-order valence-electron chi connectivity index (χ2n) is 4.14. The SMILES string of the molecule is C#CC(C)N(CC=C=C)S(=O)(=O)c1ccc(C)cc1. The van der Waals surface area contributed by atoms with Crippen LogP contribution in [0.3, 0.4) is 0 Å². The normalized spacial score (nSPS) is 12.5. The van der Waals surface area contributed by atoms with Gasteiger partial charge < -0.3 is 0 Å². The van der Waals surface area contributed by atoms with Gasteiger partial charge >= 0.3 is 0 Å². The predicted octanol–water partition coefficient (Wildman–Crippen LogP) is 2.35. The Morgan fingerprint density at radius 1 is 1.42 bits per heavy atom. The van der Waals surface area contributed by atoms with Crippen molar-refractivity contribution in [3.05, 3.63) is 48.2 Å². The molecular formula is C15H17NO2S. The number of benzene rings is 1. The third-order valence-corrected chi connectivity index (χ3v) is 4.67. The van der Waals surface area contributed by atoms with Crippen LogP contribution in [0.25, 0.3) is 0 Å². The molecule has 0 aliphatic heterocycles. The summed E-state index contributed by atoms with van der Waals surface area (Å²) >= 11 is 0. The van der Waals surface area contributed by atoms with E-state index in [4.69, 9.17) is 6.42 Å². The average molecular weight is 275 g/mol. The van der Waals surface area contributed by atoms with Crippen LogP contribution < -0.4 is 0 Å². The fourth-order valence-corrected chi connectivity index (χ4v) is 3.05. The lowest BCUT2D eigenvalue weighted by Gasteiger charge is -2.23. The van der Waals surface area contributed by atoms with Crippen molar-refractivity contribution in [2.75, 3.05) is 6.54 Å². The average Bonchev–Trinajstić information content (AvgIpc) is 2.39. The Morgan fingerprint density at radius 3 is 2.47 bits per heavy atom. The monoisotopic (exact) mass is 275 g/mol. The standard InChI is InChI=1S/C15H17NO2S/c1-5-7-12-16(14(4)6-2)19(17,18)15-10-8-13(3)9-11-15/h2,7-11,14H,1,12H2,3-4H3. The molecule has 1 aromatic carbocycles. The molecule has 100 valence electrons. The van der Waals surface area contributed by atoms with E-state index in [9.17, 15) is 8.42 Å². The van der Waals surface area contributed by atoms with E-state index in [0.717, 1.165) is 5.56 Å². The highest BCUT2D eigenvalue weighted by Gasteiger charge is 2.27. The summed E-state index contributed by atoms with van der Waals surface area (Å²) in [5, 5.41) is 0. The number of sulfonamides is 1. The van der Waals surface area contributed by atoms with Crippen LogP contribution in [0.1, 0.15) is 12.5 Å².